The summed E-state index contributed by atoms with van der Waals surface area (Å²) >= 11 is 0. The fourth-order valence-corrected chi connectivity index (χ4v) is 4.52. The van der Waals surface area contributed by atoms with Crippen LogP contribution in [0.1, 0.15) is 104 Å². The minimum absolute atomic E-state index is 0.214. The zero-order chi connectivity index (χ0) is 24.4. The Bertz CT molecular complexity index is 959. The lowest BCUT2D eigenvalue weighted by molar-refractivity contribution is 0.180. The van der Waals surface area contributed by atoms with E-state index in [1.165, 1.54) is 34.8 Å². The highest BCUT2D eigenvalue weighted by Crippen LogP contribution is 2.16. The van der Waals surface area contributed by atoms with Gasteiger partial charge >= 0.3 is 5.69 Å². The molecule has 2 rings (SSSR count). The van der Waals surface area contributed by atoms with Crippen molar-refractivity contribution in [2.75, 3.05) is 0 Å². The molecule has 0 aliphatic rings. The van der Waals surface area contributed by atoms with E-state index in [0.717, 1.165) is 44.9 Å². The molecule has 0 saturated heterocycles. The molecule has 0 radical (unpaired) electrons. The average Bonchev–Trinajstić information content (AvgIpc) is 3.16. The molecule has 0 saturated carbocycles. The Morgan fingerprint density at radius 1 is 0.939 bits per heavy atom. The van der Waals surface area contributed by atoms with E-state index in [9.17, 15) is 14.7 Å². The molecule has 0 bridgehead atoms. The van der Waals surface area contributed by atoms with Gasteiger partial charge in [-0.3, -0.25) is 14.7 Å². The van der Waals surface area contributed by atoms with Crippen LogP contribution in [0.4, 0.5) is 0 Å². The predicted octanol–water partition coefficient (Wildman–Crippen LogP) is 3.99. The Kier molecular flexibility index (Phi) is 11.3. The summed E-state index contributed by atoms with van der Waals surface area (Å²) in [6, 6.07) is 0.214. The largest absolute Gasteiger partial charge is 0.393 e. The highest BCUT2D eigenvalue weighted by molar-refractivity contribution is 5.69. The van der Waals surface area contributed by atoms with Gasteiger partial charge in [-0.2, -0.15) is 0 Å². The van der Waals surface area contributed by atoms with Crippen molar-refractivity contribution in [3.05, 3.63) is 27.2 Å². The topological polar surface area (TPSA) is 94.1 Å². The minimum atomic E-state index is -0.349. The number of imidazole rings is 1. The third kappa shape index (κ3) is 7.81. The van der Waals surface area contributed by atoms with Crippen molar-refractivity contribution in [1.82, 2.24) is 24.0 Å². The molecule has 0 aliphatic carbocycles. The van der Waals surface area contributed by atoms with Crippen molar-refractivity contribution < 1.29 is 5.11 Å². The van der Waals surface area contributed by atoms with Gasteiger partial charge in [0.05, 0.1) is 18.6 Å². The quantitative estimate of drug-likeness (QED) is 0.367. The zero-order valence-electron chi connectivity index (χ0n) is 21.3. The van der Waals surface area contributed by atoms with Crippen LogP contribution in [0.2, 0.25) is 0 Å². The number of rotatable bonds is 16. The van der Waals surface area contributed by atoms with Gasteiger partial charge in [0.15, 0.2) is 11.2 Å². The van der Waals surface area contributed by atoms with Crippen LogP contribution in [0.5, 0.6) is 0 Å². The van der Waals surface area contributed by atoms with Crippen LogP contribution in [0.3, 0.4) is 0 Å². The summed E-state index contributed by atoms with van der Waals surface area (Å²) in [6.07, 6.45) is 13.6. The molecule has 0 spiro atoms. The van der Waals surface area contributed by atoms with Crippen LogP contribution in [-0.2, 0) is 14.1 Å². The number of aromatic nitrogens is 4. The smallest absolute Gasteiger partial charge is 0.333 e. The van der Waals surface area contributed by atoms with Crippen molar-refractivity contribution in [1.29, 1.82) is 0 Å². The normalized spacial score (nSPS) is 14.6. The Balaban J connectivity index is 2.17. The van der Waals surface area contributed by atoms with Gasteiger partial charge in [-0.15, -0.1) is 0 Å². The molecule has 2 N–H and O–H groups in total. The number of aliphatic hydroxyl groups excluding tert-OH is 1. The number of hydrogen-bond acceptors (Lipinski definition) is 5. The van der Waals surface area contributed by atoms with Crippen molar-refractivity contribution in [2.24, 2.45) is 14.1 Å². The number of aryl methyl sites for hydroxylation is 2. The predicted molar refractivity (Wildman–Crippen MR) is 135 cm³/mol. The minimum Gasteiger partial charge on any atom is -0.393 e. The van der Waals surface area contributed by atoms with E-state index < -0.39 is 0 Å². The summed E-state index contributed by atoms with van der Waals surface area (Å²) < 4.78 is 4.56. The fraction of sp³-hybridized carbons (Fsp3) is 0.800. The highest BCUT2D eigenvalue weighted by atomic mass is 16.3. The number of hydrogen-bond donors (Lipinski definition) is 2. The maximum absolute atomic E-state index is 13.4. The van der Waals surface area contributed by atoms with E-state index in [0.29, 0.717) is 17.6 Å². The van der Waals surface area contributed by atoms with Crippen LogP contribution in [-0.4, -0.2) is 35.9 Å². The van der Waals surface area contributed by atoms with E-state index in [1.54, 1.807) is 25.0 Å². The third-order valence-electron chi connectivity index (χ3n) is 6.53. The zero-order valence-corrected chi connectivity index (χ0v) is 21.3. The van der Waals surface area contributed by atoms with Gasteiger partial charge in [0.2, 0.25) is 0 Å². The Labute approximate surface area is 198 Å². The lowest BCUT2D eigenvalue weighted by Gasteiger charge is -2.25. The van der Waals surface area contributed by atoms with E-state index in [2.05, 4.69) is 24.1 Å². The second-order valence-corrected chi connectivity index (χ2v) is 9.67. The van der Waals surface area contributed by atoms with Gasteiger partial charge in [0.1, 0.15) is 0 Å². The number of unbranched alkanes of at least 4 members (excludes halogenated alkanes) is 7. The van der Waals surface area contributed by atoms with Gasteiger partial charge in [0, 0.05) is 20.1 Å². The molecule has 2 heterocycles. The second kappa shape index (κ2) is 13.7. The van der Waals surface area contributed by atoms with E-state index >= 15 is 0 Å². The first kappa shape index (κ1) is 27.3. The second-order valence-electron chi connectivity index (χ2n) is 9.67. The monoisotopic (exact) mass is 463 g/mol. The summed E-state index contributed by atoms with van der Waals surface area (Å²) in [5.41, 5.74) is 0.264. The molecule has 0 aromatic carbocycles. The van der Waals surface area contributed by atoms with Crippen molar-refractivity contribution >= 4 is 11.2 Å². The summed E-state index contributed by atoms with van der Waals surface area (Å²) in [6.45, 7) is 6.18. The van der Waals surface area contributed by atoms with Gasteiger partial charge < -0.3 is 9.67 Å². The Morgan fingerprint density at radius 3 is 2.18 bits per heavy atom. The number of nitrogens with zero attached hydrogens (tertiary/aromatic N) is 4. The molecule has 188 valence electrons. The first-order chi connectivity index (χ1) is 15.8. The van der Waals surface area contributed by atoms with E-state index in [1.807, 2.05) is 6.92 Å². The lowest BCUT2D eigenvalue weighted by atomic mass is 10.1. The van der Waals surface area contributed by atoms with Crippen LogP contribution < -0.4 is 16.6 Å². The highest BCUT2D eigenvalue weighted by Gasteiger charge is 2.22. The molecule has 8 heteroatoms. The van der Waals surface area contributed by atoms with Crippen molar-refractivity contribution in [2.45, 2.75) is 116 Å². The molecule has 3 atom stereocenters. The van der Waals surface area contributed by atoms with Crippen LogP contribution in [0, 0.1) is 0 Å². The van der Waals surface area contributed by atoms with Crippen LogP contribution >= 0.6 is 0 Å². The summed E-state index contributed by atoms with van der Waals surface area (Å²) in [5.74, 6) is 0. The van der Waals surface area contributed by atoms with E-state index in [-0.39, 0.29) is 29.6 Å². The molecular formula is C25H45N5O3. The lowest BCUT2D eigenvalue weighted by Crippen LogP contribution is -2.48. The molecule has 0 amide bonds. The molecule has 2 aromatic heterocycles. The van der Waals surface area contributed by atoms with Gasteiger partial charge in [-0.1, -0.05) is 64.7 Å². The SMILES string of the molecule is CCCCCCCC(C)NC(CCCCCCC(C)O)n1c(=O)c2c(ncn2C)n(C)c1=O. The molecule has 3 unspecified atom stereocenters. The first-order valence-corrected chi connectivity index (χ1v) is 12.8. The van der Waals surface area contributed by atoms with Crippen LogP contribution in [0.25, 0.3) is 11.2 Å². The average molecular weight is 464 g/mol. The summed E-state index contributed by atoms with van der Waals surface area (Å²) in [5, 5.41) is 13.0. The standard InChI is InChI=1S/C25H45N5O3/c1-6-7-8-9-12-15-19(2)27-21(17-14-11-10-13-16-20(3)31)30-24(32)22-23(26-18-28(22)4)29(5)25(30)33/h18-21,27,31H,6-17H2,1-5H3. The number of aliphatic hydroxyl groups is 1. The van der Waals surface area contributed by atoms with Crippen molar-refractivity contribution in [3.8, 4) is 0 Å². The fourth-order valence-electron chi connectivity index (χ4n) is 4.52. The molecule has 0 aliphatic heterocycles. The summed E-state index contributed by atoms with van der Waals surface area (Å²) in [4.78, 5) is 30.8. The van der Waals surface area contributed by atoms with Gasteiger partial charge in [-0.05, 0) is 33.1 Å². The number of nitrogens with one attached hydrogen (secondary N) is 1. The molecular weight excluding hydrogens is 418 g/mol. The third-order valence-corrected chi connectivity index (χ3v) is 6.53. The van der Waals surface area contributed by atoms with Crippen molar-refractivity contribution in [3.63, 3.8) is 0 Å². The first-order valence-electron chi connectivity index (χ1n) is 12.8. The molecule has 0 fully saturated rings. The maximum Gasteiger partial charge on any atom is 0.333 e. The number of fused-ring (bicyclic) bond motifs is 1. The van der Waals surface area contributed by atoms with E-state index in [4.69, 9.17) is 0 Å². The molecule has 8 nitrogen and oxygen atoms in total. The molecule has 2 aromatic rings. The Hall–Kier alpha value is -1.93. The van der Waals surface area contributed by atoms with Gasteiger partial charge in [-0.25, -0.2) is 14.3 Å². The van der Waals surface area contributed by atoms with Gasteiger partial charge in [0.25, 0.3) is 5.56 Å². The summed E-state index contributed by atoms with van der Waals surface area (Å²) in [7, 11) is 3.47. The Morgan fingerprint density at radius 2 is 1.55 bits per heavy atom. The maximum atomic E-state index is 13.4. The molecule has 33 heavy (non-hydrogen) atoms. The van der Waals surface area contributed by atoms with Crippen LogP contribution in [0.15, 0.2) is 15.9 Å².